The first-order valence-electron chi connectivity index (χ1n) is 5.36. The highest BCUT2D eigenvalue weighted by Crippen LogP contribution is 2.12. The van der Waals surface area contributed by atoms with Gasteiger partial charge in [-0.25, -0.2) is 8.42 Å². The molecule has 1 unspecified atom stereocenters. The Labute approximate surface area is 97.8 Å². The SMILES string of the molecule is Cc1ccc(C(C)NCCS(C)(=O)=O)cc1. The number of hydrogen-bond acceptors (Lipinski definition) is 3. The van der Waals surface area contributed by atoms with Gasteiger partial charge in [0.05, 0.1) is 5.75 Å². The molecule has 1 rings (SSSR count). The Morgan fingerprint density at radius 3 is 2.31 bits per heavy atom. The summed E-state index contributed by atoms with van der Waals surface area (Å²) in [5.41, 5.74) is 2.41. The molecule has 0 heterocycles. The van der Waals surface area contributed by atoms with Gasteiger partial charge >= 0.3 is 0 Å². The fourth-order valence-electron chi connectivity index (χ4n) is 1.43. The zero-order valence-electron chi connectivity index (χ0n) is 10.0. The van der Waals surface area contributed by atoms with Crippen LogP contribution in [0.1, 0.15) is 24.1 Å². The molecule has 0 aliphatic heterocycles. The molecule has 90 valence electrons. The van der Waals surface area contributed by atoms with Crippen molar-refractivity contribution in [2.75, 3.05) is 18.6 Å². The molecule has 0 aromatic heterocycles. The second-order valence-corrected chi connectivity index (χ2v) is 6.48. The van der Waals surface area contributed by atoms with Crippen LogP contribution >= 0.6 is 0 Å². The molecule has 0 fully saturated rings. The van der Waals surface area contributed by atoms with Gasteiger partial charge in [0.15, 0.2) is 0 Å². The standard InChI is InChI=1S/C12H19NO2S/c1-10-4-6-12(7-5-10)11(2)13-8-9-16(3,14)15/h4-7,11,13H,8-9H2,1-3H3. The van der Waals surface area contributed by atoms with E-state index >= 15 is 0 Å². The van der Waals surface area contributed by atoms with Gasteiger partial charge in [0.1, 0.15) is 9.84 Å². The van der Waals surface area contributed by atoms with Gasteiger partial charge in [0.2, 0.25) is 0 Å². The minimum absolute atomic E-state index is 0.183. The molecule has 0 spiro atoms. The van der Waals surface area contributed by atoms with Crippen molar-refractivity contribution in [1.82, 2.24) is 5.32 Å². The van der Waals surface area contributed by atoms with E-state index in [0.29, 0.717) is 6.54 Å². The third-order valence-corrected chi connectivity index (χ3v) is 3.45. The quantitative estimate of drug-likeness (QED) is 0.853. The molecule has 1 aromatic carbocycles. The predicted octanol–water partition coefficient (Wildman–Crippen LogP) is 1.69. The molecular weight excluding hydrogens is 222 g/mol. The van der Waals surface area contributed by atoms with Crippen molar-refractivity contribution >= 4 is 9.84 Å². The Bertz CT molecular complexity index is 423. The highest BCUT2D eigenvalue weighted by molar-refractivity contribution is 7.90. The highest BCUT2D eigenvalue weighted by atomic mass is 32.2. The molecule has 4 heteroatoms. The predicted molar refractivity (Wildman–Crippen MR) is 67.3 cm³/mol. The van der Waals surface area contributed by atoms with Crippen LogP contribution in [-0.2, 0) is 9.84 Å². The summed E-state index contributed by atoms with van der Waals surface area (Å²) in [5, 5.41) is 3.20. The largest absolute Gasteiger partial charge is 0.309 e. The average Bonchev–Trinajstić information content (AvgIpc) is 2.16. The van der Waals surface area contributed by atoms with Crippen molar-refractivity contribution in [3.05, 3.63) is 35.4 Å². The summed E-state index contributed by atoms with van der Waals surface area (Å²) in [6.45, 7) is 4.58. The summed E-state index contributed by atoms with van der Waals surface area (Å²) >= 11 is 0. The maximum absolute atomic E-state index is 11.0. The Kier molecular flexibility index (Phi) is 4.50. The van der Waals surface area contributed by atoms with E-state index in [1.807, 2.05) is 13.8 Å². The number of hydrogen-bond donors (Lipinski definition) is 1. The summed E-state index contributed by atoms with van der Waals surface area (Å²) in [6, 6.07) is 8.43. The van der Waals surface area contributed by atoms with Gasteiger partial charge in [0, 0.05) is 18.8 Å². The first-order chi connectivity index (χ1) is 7.38. The molecule has 0 aliphatic carbocycles. The average molecular weight is 241 g/mol. The van der Waals surface area contributed by atoms with Crippen LogP contribution in [0.2, 0.25) is 0 Å². The number of benzene rings is 1. The van der Waals surface area contributed by atoms with E-state index in [9.17, 15) is 8.42 Å². The van der Waals surface area contributed by atoms with E-state index in [4.69, 9.17) is 0 Å². The maximum Gasteiger partial charge on any atom is 0.148 e. The first-order valence-corrected chi connectivity index (χ1v) is 7.42. The molecule has 1 aromatic rings. The van der Waals surface area contributed by atoms with Crippen molar-refractivity contribution in [3.8, 4) is 0 Å². The Balaban J connectivity index is 2.47. The van der Waals surface area contributed by atoms with Gasteiger partial charge in [-0.05, 0) is 19.4 Å². The van der Waals surface area contributed by atoms with Crippen LogP contribution in [-0.4, -0.2) is 27.0 Å². The van der Waals surface area contributed by atoms with Crippen LogP contribution in [0.25, 0.3) is 0 Å². The van der Waals surface area contributed by atoms with Crippen LogP contribution in [0, 0.1) is 6.92 Å². The van der Waals surface area contributed by atoms with Gasteiger partial charge in [-0.3, -0.25) is 0 Å². The van der Waals surface area contributed by atoms with E-state index < -0.39 is 9.84 Å². The lowest BCUT2D eigenvalue weighted by atomic mass is 10.1. The molecule has 1 atom stereocenters. The summed E-state index contributed by atoms with van der Waals surface area (Å²) in [6.07, 6.45) is 1.26. The second-order valence-electron chi connectivity index (χ2n) is 4.22. The molecule has 0 bridgehead atoms. The summed E-state index contributed by atoms with van der Waals surface area (Å²) < 4.78 is 21.9. The van der Waals surface area contributed by atoms with Crippen LogP contribution in [0.15, 0.2) is 24.3 Å². The number of nitrogens with one attached hydrogen (secondary N) is 1. The zero-order valence-corrected chi connectivity index (χ0v) is 10.8. The van der Waals surface area contributed by atoms with Crippen molar-refractivity contribution in [2.24, 2.45) is 0 Å². The van der Waals surface area contributed by atoms with E-state index in [-0.39, 0.29) is 11.8 Å². The van der Waals surface area contributed by atoms with Crippen LogP contribution in [0.4, 0.5) is 0 Å². The van der Waals surface area contributed by atoms with Gasteiger partial charge in [0.25, 0.3) is 0 Å². The molecule has 0 amide bonds. The van der Waals surface area contributed by atoms with E-state index in [0.717, 1.165) is 0 Å². The summed E-state index contributed by atoms with van der Waals surface area (Å²) in [4.78, 5) is 0. The number of aryl methyl sites for hydroxylation is 1. The van der Waals surface area contributed by atoms with Crippen molar-refractivity contribution in [3.63, 3.8) is 0 Å². The van der Waals surface area contributed by atoms with Gasteiger partial charge < -0.3 is 5.32 Å². The third-order valence-electron chi connectivity index (χ3n) is 2.50. The summed E-state index contributed by atoms with van der Waals surface area (Å²) in [7, 11) is -2.87. The zero-order chi connectivity index (χ0) is 12.2. The molecule has 16 heavy (non-hydrogen) atoms. The van der Waals surface area contributed by atoms with E-state index in [1.54, 1.807) is 0 Å². The molecular formula is C12H19NO2S. The van der Waals surface area contributed by atoms with Crippen LogP contribution in [0.3, 0.4) is 0 Å². The van der Waals surface area contributed by atoms with Gasteiger partial charge in [-0.1, -0.05) is 29.8 Å². The summed E-state index contributed by atoms with van der Waals surface area (Å²) in [5.74, 6) is 0.184. The minimum Gasteiger partial charge on any atom is -0.309 e. The molecule has 3 nitrogen and oxygen atoms in total. The lowest BCUT2D eigenvalue weighted by molar-refractivity contribution is 0.576. The van der Waals surface area contributed by atoms with E-state index in [1.165, 1.54) is 17.4 Å². The Hall–Kier alpha value is -0.870. The lowest BCUT2D eigenvalue weighted by Crippen LogP contribution is -2.25. The monoisotopic (exact) mass is 241 g/mol. The van der Waals surface area contributed by atoms with Crippen molar-refractivity contribution < 1.29 is 8.42 Å². The molecule has 1 N–H and O–H groups in total. The first kappa shape index (κ1) is 13.2. The van der Waals surface area contributed by atoms with Gasteiger partial charge in [-0.15, -0.1) is 0 Å². The maximum atomic E-state index is 11.0. The van der Waals surface area contributed by atoms with Crippen LogP contribution in [0.5, 0.6) is 0 Å². The van der Waals surface area contributed by atoms with Crippen LogP contribution < -0.4 is 5.32 Å². The topological polar surface area (TPSA) is 46.2 Å². The second kappa shape index (κ2) is 5.46. The fourth-order valence-corrected chi connectivity index (χ4v) is 1.92. The fraction of sp³-hybridized carbons (Fsp3) is 0.500. The Morgan fingerprint density at radius 1 is 1.25 bits per heavy atom. The molecule has 0 saturated carbocycles. The normalized spacial score (nSPS) is 13.7. The Morgan fingerprint density at radius 2 is 1.81 bits per heavy atom. The molecule has 0 aliphatic rings. The highest BCUT2D eigenvalue weighted by Gasteiger charge is 2.06. The minimum atomic E-state index is -2.87. The van der Waals surface area contributed by atoms with Crippen molar-refractivity contribution in [2.45, 2.75) is 19.9 Å². The lowest BCUT2D eigenvalue weighted by Gasteiger charge is -2.13. The number of sulfone groups is 1. The molecule has 0 saturated heterocycles. The molecule has 0 radical (unpaired) electrons. The van der Waals surface area contributed by atoms with Gasteiger partial charge in [-0.2, -0.15) is 0 Å². The third kappa shape index (κ3) is 4.77. The number of rotatable bonds is 5. The van der Waals surface area contributed by atoms with E-state index in [2.05, 4.69) is 29.6 Å². The van der Waals surface area contributed by atoms with Crippen molar-refractivity contribution in [1.29, 1.82) is 0 Å². The smallest absolute Gasteiger partial charge is 0.148 e.